The summed E-state index contributed by atoms with van der Waals surface area (Å²) in [5.74, 6) is 0.551. The van der Waals surface area contributed by atoms with E-state index in [-0.39, 0.29) is 24.4 Å². The Kier molecular flexibility index (Phi) is 5.96. The van der Waals surface area contributed by atoms with Gasteiger partial charge in [0, 0.05) is 29.7 Å². The third kappa shape index (κ3) is 3.46. The molecule has 2 atom stereocenters. The first-order chi connectivity index (χ1) is 11.4. The number of hydrogen-bond acceptors (Lipinski definition) is 2. The van der Waals surface area contributed by atoms with Gasteiger partial charge in [-0.25, -0.2) is 0 Å². The Morgan fingerprint density at radius 3 is 2.52 bits per heavy atom. The summed E-state index contributed by atoms with van der Waals surface area (Å²) in [4.78, 5) is 15.1. The maximum Gasteiger partial charge on any atom is 0.255 e. The van der Waals surface area contributed by atoms with Gasteiger partial charge < -0.3 is 15.2 Å². The number of carbonyl (C=O) groups excluding carboxylic acids is 1. The van der Waals surface area contributed by atoms with E-state index < -0.39 is 0 Å². The monoisotopic (exact) mass is 361 g/mol. The minimum atomic E-state index is 0. The van der Waals surface area contributed by atoms with E-state index in [4.69, 9.17) is 5.73 Å². The maximum absolute atomic E-state index is 13.1. The summed E-state index contributed by atoms with van der Waals surface area (Å²) in [5.41, 5.74) is 11.1. The largest absolute Gasteiger partial charge is 0.336 e. The Balaban J connectivity index is 0.00000225. The number of aryl methyl sites for hydroxylation is 2. The third-order valence-corrected chi connectivity index (χ3v) is 5.27. The molecule has 0 saturated carbocycles. The molecule has 2 N–H and O–H groups in total. The molecule has 2 unspecified atom stereocenters. The van der Waals surface area contributed by atoms with Gasteiger partial charge in [-0.3, -0.25) is 4.79 Å². The van der Waals surface area contributed by atoms with Crippen LogP contribution in [0.3, 0.4) is 0 Å². The van der Waals surface area contributed by atoms with Crippen LogP contribution in [0.2, 0.25) is 0 Å². The predicted molar refractivity (Wildman–Crippen MR) is 105 cm³/mol. The number of nitrogens with zero attached hydrogens (tertiary/aromatic N) is 2. The zero-order chi connectivity index (χ0) is 17.4. The molecule has 2 aromatic rings. The van der Waals surface area contributed by atoms with E-state index in [1.165, 1.54) is 5.56 Å². The molecule has 1 aromatic heterocycles. The number of nitrogens with two attached hydrogens (primary N) is 1. The fourth-order valence-corrected chi connectivity index (χ4v) is 3.92. The van der Waals surface area contributed by atoms with Crippen LogP contribution in [0, 0.1) is 26.7 Å². The minimum Gasteiger partial charge on any atom is -0.336 e. The van der Waals surface area contributed by atoms with E-state index in [0.717, 1.165) is 35.6 Å². The van der Waals surface area contributed by atoms with Gasteiger partial charge in [-0.15, -0.1) is 12.4 Å². The molecule has 3 rings (SSSR count). The van der Waals surface area contributed by atoms with E-state index in [2.05, 4.69) is 37.5 Å². The van der Waals surface area contributed by atoms with Crippen LogP contribution < -0.4 is 5.73 Å². The lowest BCUT2D eigenvalue weighted by atomic mass is 10.1. The lowest BCUT2D eigenvalue weighted by Gasteiger charge is -2.21. The van der Waals surface area contributed by atoms with Crippen molar-refractivity contribution >= 4 is 18.3 Å². The van der Waals surface area contributed by atoms with Crippen LogP contribution in [0.4, 0.5) is 0 Å². The van der Waals surface area contributed by atoms with Crippen molar-refractivity contribution in [1.82, 2.24) is 9.47 Å². The molecule has 25 heavy (non-hydrogen) atoms. The Morgan fingerprint density at radius 2 is 1.92 bits per heavy atom. The molecule has 4 nitrogen and oxygen atoms in total. The highest BCUT2D eigenvalue weighted by molar-refractivity contribution is 5.96. The molecule has 1 aromatic carbocycles. The second-order valence-corrected chi connectivity index (χ2v) is 7.05. The molecule has 1 amide bonds. The molecule has 136 valence electrons. The first-order valence-corrected chi connectivity index (χ1v) is 8.70. The van der Waals surface area contributed by atoms with E-state index in [0.29, 0.717) is 12.5 Å². The SMILES string of the molecule is Cc1ccccc1-n1c(C)cc(C(=O)N2CC(CN)CC2C)c1C.Cl. The molecule has 1 fully saturated rings. The fourth-order valence-electron chi connectivity index (χ4n) is 3.92. The predicted octanol–water partition coefficient (Wildman–Crippen LogP) is 3.63. The zero-order valence-electron chi connectivity index (χ0n) is 15.5. The lowest BCUT2D eigenvalue weighted by molar-refractivity contribution is 0.0742. The summed E-state index contributed by atoms with van der Waals surface area (Å²) in [6.07, 6.45) is 0.999. The zero-order valence-corrected chi connectivity index (χ0v) is 16.3. The van der Waals surface area contributed by atoms with Gasteiger partial charge in [0.25, 0.3) is 5.91 Å². The summed E-state index contributed by atoms with van der Waals surface area (Å²) in [6.45, 7) is 9.74. The summed E-state index contributed by atoms with van der Waals surface area (Å²) < 4.78 is 2.18. The van der Waals surface area contributed by atoms with Gasteiger partial charge in [0.2, 0.25) is 0 Å². The first-order valence-electron chi connectivity index (χ1n) is 8.70. The fraction of sp³-hybridized carbons (Fsp3) is 0.450. The van der Waals surface area contributed by atoms with Crippen molar-refractivity contribution in [3.63, 3.8) is 0 Å². The second-order valence-electron chi connectivity index (χ2n) is 7.05. The van der Waals surface area contributed by atoms with E-state index in [9.17, 15) is 4.79 Å². The van der Waals surface area contributed by atoms with Crippen LogP contribution in [0.25, 0.3) is 5.69 Å². The number of rotatable bonds is 3. The van der Waals surface area contributed by atoms with Crippen molar-refractivity contribution in [3.05, 3.63) is 52.8 Å². The normalized spacial score (nSPS) is 19.8. The molecule has 1 aliphatic rings. The first kappa shape index (κ1) is 19.5. The Hall–Kier alpha value is -1.78. The molecule has 0 aliphatic carbocycles. The van der Waals surface area contributed by atoms with Crippen LogP contribution in [0.5, 0.6) is 0 Å². The summed E-state index contributed by atoms with van der Waals surface area (Å²) in [5, 5.41) is 0. The van der Waals surface area contributed by atoms with Crippen LogP contribution in [0.1, 0.15) is 40.7 Å². The van der Waals surface area contributed by atoms with Crippen LogP contribution in [-0.4, -0.2) is 34.5 Å². The smallest absolute Gasteiger partial charge is 0.255 e. The van der Waals surface area contributed by atoms with Gasteiger partial charge >= 0.3 is 0 Å². The summed E-state index contributed by atoms with van der Waals surface area (Å²) in [6, 6.07) is 10.6. The highest BCUT2D eigenvalue weighted by Gasteiger charge is 2.33. The van der Waals surface area contributed by atoms with Gasteiger partial charge in [-0.05, 0) is 64.3 Å². The van der Waals surface area contributed by atoms with E-state index in [1.807, 2.05) is 30.0 Å². The van der Waals surface area contributed by atoms with Crippen molar-refractivity contribution in [1.29, 1.82) is 0 Å². The molecule has 5 heteroatoms. The van der Waals surface area contributed by atoms with Gasteiger partial charge in [0.15, 0.2) is 0 Å². The maximum atomic E-state index is 13.1. The topological polar surface area (TPSA) is 51.3 Å². The molecular weight excluding hydrogens is 334 g/mol. The van der Waals surface area contributed by atoms with E-state index in [1.54, 1.807) is 0 Å². The van der Waals surface area contributed by atoms with Crippen molar-refractivity contribution in [2.45, 2.75) is 40.2 Å². The van der Waals surface area contributed by atoms with Gasteiger partial charge in [0.05, 0.1) is 5.56 Å². The molecule has 0 bridgehead atoms. The minimum absolute atomic E-state index is 0. The molecule has 0 spiro atoms. The van der Waals surface area contributed by atoms with Crippen LogP contribution >= 0.6 is 12.4 Å². The summed E-state index contributed by atoms with van der Waals surface area (Å²) in [7, 11) is 0. The van der Waals surface area contributed by atoms with Gasteiger partial charge in [0.1, 0.15) is 0 Å². The Bertz CT molecular complexity index is 768. The number of aromatic nitrogens is 1. The molecule has 1 aliphatic heterocycles. The number of hydrogen-bond donors (Lipinski definition) is 1. The van der Waals surface area contributed by atoms with Crippen molar-refractivity contribution in [3.8, 4) is 5.69 Å². The third-order valence-electron chi connectivity index (χ3n) is 5.27. The standard InChI is InChI=1S/C20H27N3O.ClH/c1-13-7-5-6-8-19(13)23-15(3)10-18(16(23)4)20(24)22-12-17(11-21)9-14(22)2;/h5-8,10,14,17H,9,11-12,21H2,1-4H3;1H. The number of benzene rings is 1. The van der Waals surface area contributed by atoms with Crippen molar-refractivity contribution < 1.29 is 4.79 Å². The highest BCUT2D eigenvalue weighted by Crippen LogP contribution is 2.28. The number of halogens is 1. The van der Waals surface area contributed by atoms with Crippen molar-refractivity contribution in [2.24, 2.45) is 11.7 Å². The summed E-state index contributed by atoms with van der Waals surface area (Å²) >= 11 is 0. The number of amides is 1. The highest BCUT2D eigenvalue weighted by atomic mass is 35.5. The van der Waals surface area contributed by atoms with Crippen LogP contribution in [-0.2, 0) is 0 Å². The molecular formula is C20H28ClN3O. The average Bonchev–Trinajstić information content (AvgIpc) is 3.08. The van der Waals surface area contributed by atoms with Gasteiger partial charge in [-0.2, -0.15) is 0 Å². The number of likely N-dealkylation sites (tertiary alicyclic amines) is 1. The second kappa shape index (κ2) is 7.63. The van der Waals surface area contributed by atoms with Crippen molar-refractivity contribution in [2.75, 3.05) is 13.1 Å². The Morgan fingerprint density at radius 1 is 1.24 bits per heavy atom. The quantitative estimate of drug-likeness (QED) is 0.907. The number of carbonyl (C=O) groups is 1. The molecule has 2 heterocycles. The number of para-hydroxylation sites is 1. The molecule has 0 radical (unpaired) electrons. The average molecular weight is 362 g/mol. The van der Waals surface area contributed by atoms with Gasteiger partial charge in [-0.1, -0.05) is 18.2 Å². The lowest BCUT2D eigenvalue weighted by Crippen LogP contribution is -2.34. The van der Waals surface area contributed by atoms with Crippen LogP contribution in [0.15, 0.2) is 30.3 Å². The van der Waals surface area contributed by atoms with E-state index >= 15 is 0 Å². The molecule has 1 saturated heterocycles. The Labute approximate surface area is 156 Å².